The molecule has 0 fully saturated rings. The molecule has 0 saturated heterocycles. The maximum atomic E-state index is 11.7. The van der Waals surface area contributed by atoms with E-state index < -0.39 is 11.7 Å². The number of nitrogens with zero attached hydrogens (tertiary/aromatic N) is 1. The van der Waals surface area contributed by atoms with Crippen LogP contribution >= 0.6 is 15.9 Å². The molecular weight excluding hydrogens is 234 g/mol. The summed E-state index contributed by atoms with van der Waals surface area (Å²) in [6.45, 7) is 5.08. The smallest absolute Gasteiger partial charge is 0.418 e. The molecule has 0 aliphatic heterocycles. The Morgan fingerprint density at radius 1 is 1.69 bits per heavy atom. The van der Waals surface area contributed by atoms with E-state index in [1.54, 1.807) is 20.8 Å². The minimum absolute atomic E-state index is 0.114. The summed E-state index contributed by atoms with van der Waals surface area (Å²) >= 11 is 2.98. The van der Waals surface area contributed by atoms with Crippen LogP contribution in [0.5, 0.6) is 0 Å². The zero-order valence-corrected chi connectivity index (χ0v) is 9.23. The zero-order valence-electron chi connectivity index (χ0n) is 10.6. The quantitative estimate of drug-likeness (QED) is 0.707. The zero-order chi connectivity index (χ0) is 12.7. The first-order valence-corrected chi connectivity index (χ1v) is 4.52. The second-order valence-corrected chi connectivity index (χ2v) is 4.27. The van der Waals surface area contributed by atoms with Crippen LogP contribution in [0.4, 0.5) is 4.79 Å². The average Bonchev–Trinajstić information content (AvgIpc) is 2.28. The van der Waals surface area contributed by atoms with Crippen LogP contribution < -0.4 is 0 Å². The van der Waals surface area contributed by atoms with E-state index in [0.717, 1.165) is 4.57 Å². The number of hydrogen-bond donors (Lipinski definition) is 0. The summed E-state index contributed by atoms with van der Waals surface area (Å²) in [6.07, 6.45) is -1.42. The fraction of sp³-hybridized carbons (Fsp3) is 0.444. The molecule has 13 heavy (non-hydrogen) atoms. The van der Waals surface area contributed by atoms with E-state index in [0.29, 0.717) is 0 Å². The largest absolute Gasteiger partial charge is 0.443 e. The van der Waals surface area contributed by atoms with Crippen LogP contribution in [0.2, 0.25) is 0 Å². The molecule has 1 rings (SSSR count). The number of hydrogen-bond acceptors (Lipinski definition) is 2. The summed E-state index contributed by atoms with van der Waals surface area (Å²) in [6, 6.07) is -0.198. The molecule has 0 atom stereocenters. The Balaban J connectivity index is 3.15. The van der Waals surface area contributed by atoms with Gasteiger partial charge in [-0.25, -0.2) is 4.79 Å². The first-order chi connectivity index (χ1) is 7.15. The van der Waals surface area contributed by atoms with Gasteiger partial charge in [-0.3, -0.25) is 4.57 Å². The van der Waals surface area contributed by atoms with Gasteiger partial charge >= 0.3 is 6.09 Å². The molecule has 0 spiro atoms. The Hall–Kier alpha value is -0.770. The lowest BCUT2D eigenvalue weighted by atomic mass is 10.2. The molecule has 0 unspecified atom stereocenters. The Morgan fingerprint density at radius 3 is 2.69 bits per heavy atom. The average molecular weight is 249 g/mol. The van der Waals surface area contributed by atoms with Gasteiger partial charge in [0.2, 0.25) is 0 Å². The van der Waals surface area contributed by atoms with Crippen molar-refractivity contribution in [2.45, 2.75) is 26.4 Å². The van der Waals surface area contributed by atoms with Gasteiger partial charge in [0.25, 0.3) is 0 Å². The van der Waals surface area contributed by atoms with E-state index in [1.165, 1.54) is 0 Å². The standard InChI is InChI=1S/C9H12BrNO2/c1-9(2,3)13-8(12)11-5-4-7(10)6-11/h4-6H,1-3H3/i4D,5D,6D. The Kier molecular flexibility index (Phi) is 1.81. The third kappa shape index (κ3) is 3.22. The third-order valence-corrected chi connectivity index (χ3v) is 1.44. The van der Waals surface area contributed by atoms with Crippen LogP contribution in [0, 0.1) is 0 Å². The molecule has 0 saturated carbocycles. The van der Waals surface area contributed by atoms with Gasteiger partial charge in [0.1, 0.15) is 5.60 Å². The monoisotopic (exact) mass is 248 g/mol. The first kappa shape index (κ1) is 6.65. The van der Waals surface area contributed by atoms with Crippen LogP contribution in [-0.2, 0) is 4.74 Å². The SMILES string of the molecule is [2H]c1c(Br)c([2H])n(C(=O)OC(C)(C)C)c1[2H]. The van der Waals surface area contributed by atoms with Crippen LogP contribution in [0.25, 0.3) is 0 Å². The van der Waals surface area contributed by atoms with Gasteiger partial charge in [0.05, 0.1) is 4.11 Å². The number of carbonyl (C=O) groups is 1. The van der Waals surface area contributed by atoms with Crippen LogP contribution in [-0.4, -0.2) is 16.3 Å². The Bertz CT molecular complexity index is 411. The summed E-state index contributed by atoms with van der Waals surface area (Å²) in [4.78, 5) is 11.7. The summed E-state index contributed by atoms with van der Waals surface area (Å²) in [5.41, 5.74) is -0.700. The van der Waals surface area contributed by atoms with Crippen LogP contribution in [0.1, 0.15) is 24.9 Å². The fourth-order valence-corrected chi connectivity index (χ4v) is 0.924. The molecule has 0 aliphatic carbocycles. The van der Waals surface area contributed by atoms with E-state index in [4.69, 9.17) is 8.85 Å². The Labute approximate surface area is 90.0 Å². The highest BCUT2D eigenvalue weighted by atomic mass is 79.9. The molecule has 3 nitrogen and oxygen atoms in total. The fourth-order valence-electron chi connectivity index (χ4n) is 0.658. The van der Waals surface area contributed by atoms with E-state index in [-0.39, 0.29) is 22.9 Å². The van der Waals surface area contributed by atoms with Gasteiger partial charge in [-0.05, 0) is 42.7 Å². The highest BCUT2D eigenvalue weighted by Gasteiger charge is 2.17. The molecule has 0 amide bonds. The second kappa shape index (κ2) is 3.54. The molecular formula is C9H12BrNO2. The molecule has 0 N–H and O–H groups in total. The minimum atomic E-state index is -0.818. The van der Waals surface area contributed by atoms with Crippen molar-refractivity contribution < 1.29 is 13.6 Å². The normalized spacial score (nSPS) is 14.6. The van der Waals surface area contributed by atoms with Crippen molar-refractivity contribution in [3.63, 3.8) is 0 Å². The highest BCUT2D eigenvalue weighted by Crippen LogP contribution is 2.12. The summed E-state index contributed by atoms with van der Waals surface area (Å²) < 4.78 is 28.4. The summed E-state index contributed by atoms with van der Waals surface area (Å²) in [5.74, 6) is 0. The summed E-state index contributed by atoms with van der Waals surface area (Å²) in [5, 5.41) is 0. The van der Waals surface area contributed by atoms with Crippen molar-refractivity contribution in [2.75, 3.05) is 0 Å². The highest BCUT2D eigenvalue weighted by molar-refractivity contribution is 9.10. The number of carbonyl (C=O) groups excluding carboxylic acids is 1. The third-order valence-electron chi connectivity index (χ3n) is 1.06. The van der Waals surface area contributed by atoms with E-state index in [9.17, 15) is 4.79 Å². The van der Waals surface area contributed by atoms with E-state index in [1.807, 2.05) is 0 Å². The number of halogens is 1. The lowest BCUT2D eigenvalue weighted by Gasteiger charge is -2.19. The van der Waals surface area contributed by atoms with Crippen molar-refractivity contribution in [3.8, 4) is 0 Å². The maximum absolute atomic E-state index is 11.7. The molecule has 1 aromatic rings. The Morgan fingerprint density at radius 2 is 2.31 bits per heavy atom. The number of aromatic nitrogens is 1. The van der Waals surface area contributed by atoms with Crippen molar-refractivity contribution in [2.24, 2.45) is 0 Å². The molecule has 1 aromatic heterocycles. The van der Waals surface area contributed by atoms with Gasteiger partial charge in [-0.2, -0.15) is 0 Å². The lowest BCUT2D eigenvalue weighted by Crippen LogP contribution is -2.26. The molecule has 1 heterocycles. The molecule has 72 valence electrons. The summed E-state index contributed by atoms with van der Waals surface area (Å²) in [7, 11) is 0. The van der Waals surface area contributed by atoms with Crippen molar-refractivity contribution in [3.05, 3.63) is 22.9 Å². The van der Waals surface area contributed by atoms with Crippen LogP contribution in [0.3, 0.4) is 0 Å². The van der Waals surface area contributed by atoms with Crippen molar-refractivity contribution in [1.82, 2.24) is 4.57 Å². The molecule has 0 aliphatic rings. The first-order valence-electron chi connectivity index (χ1n) is 5.22. The predicted octanol–water partition coefficient (Wildman–Crippen LogP) is 3.03. The second-order valence-electron chi connectivity index (χ2n) is 3.48. The topological polar surface area (TPSA) is 31.2 Å². The van der Waals surface area contributed by atoms with Gasteiger partial charge in [0.15, 0.2) is 0 Å². The molecule has 4 heteroatoms. The predicted molar refractivity (Wildman–Crippen MR) is 53.8 cm³/mol. The lowest BCUT2D eigenvalue weighted by molar-refractivity contribution is 0.0537. The van der Waals surface area contributed by atoms with Gasteiger partial charge in [-0.1, -0.05) is 0 Å². The molecule has 0 aromatic carbocycles. The van der Waals surface area contributed by atoms with Crippen molar-refractivity contribution >= 4 is 22.0 Å². The van der Waals surface area contributed by atoms with E-state index in [2.05, 4.69) is 15.9 Å². The van der Waals surface area contributed by atoms with Crippen LogP contribution in [0.15, 0.2) is 22.9 Å². The van der Waals surface area contributed by atoms with Gasteiger partial charge in [-0.15, -0.1) is 0 Å². The van der Waals surface area contributed by atoms with E-state index >= 15 is 0 Å². The minimum Gasteiger partial charge on any atom is -0.443 e. The van der Waals surface area contributed by atoms with Crippen molar-refractivity contribution in [1.29, 1.82) is 0 Å². The van der Waals surface area contributed by atoms with Gasteiger partial charge in [0, 0.05) is 16.8 Å². The number of ether oxygens (including phenoxy) is 1. The molecule has 0 radical (unpaired) electrons. The number of rotatable bonds is 0. The molecule has 0 bridgehead atoms. The van der Waals surface area contributed by atoms with Gasteiger partial charge < -0.3 is 4.74 Å². The maximum Gasteiger partial charge on any atom is 0.418 e.